The van der Waals surface area contributed by atoms with Crippen LogP contribution in [0.25, 0.3) is 22.3 Å². The third-order valence-corrected chi connectivity index (χ3v) is 6.62. The van der Waals surface area contributed by atoms with Crippen LogP contribution in [0.3, 0.4) is 0 Å². The van der Waals surface area contributed by atoms with Gasteiger partial charge < -0.3 is 5.32 Å². The number of halogens is 1. The Morgan fingerprint density at radius 3 is 2.55 bits per heavy atom. The Morgan fingerprint density at radius 2 is 1.76 bits per heavy atom. The summed E-state index contributed by atoms with van der Waals surface area (Å²) in [6.45, 7) is 2.04. The van der Waals surface area contributed by atoms with Gasteiger partial charge in [0.25, 0.3) is 0 Å². The number of para-hydroxylation sites is 1. The minimum absolute atomic E-state index is 0.00977. The molecule has 0 radical (unpaired) electrons. The lowest BCUT2D eigenvalue weighted by molar-refractivity contribution is -0.170. The first-order chi connectivity index (χ1) is 16.1. The molecule has 9 heteroatoms. The van der Waals surface area contributed by atoms with Crippen molar-refractivity contribution in [3.05, 3.63) is 64.8 Å². The van der Waals surface area contributed by atoms with Gasteiger partial charge in [-0.25, -0.2) is 9.97 Å². The van der Waals surface area contributed by atoms with E-state index in [1.165, 1.54) is 0 Å². The van der Waals surface area contributed by atoms with E-state index in [1.807, 2.05) is 61.1 Å². The molecule has 2 aromatic heterocycles. The minimum atomic E-state index is -0.00977. The molecule has 0 unspecified atom stereocenters. The molecule has 2 heterocycles. The van der Waals surface area contributed by atoms with Crippen molar-refractivity contribution in [2.24, 2.45) is 0 Å². The smallest absolute Gasteiger partial charge is 0.163 e. The van der Waals surface area contributed by atoms with Crippen LogP contribution < -0.4 is 11.0 Å². The molecule has 4 aromatic rings. The molecule has 170 valence electrons. The maximum absolute atomic E-state index is 8.85. The number of aromatic nitrogens is 4. The maximum atomic E-state index is 8.85. The van der Waals surface area contributed by atoms with Crippen LogP contribution >= 0.6 is 11.6 Å². The third kappa shape index (κ3) is 4.43. The number of rotatable bonds is 6. The second-order valence-corrected chi connectivity index (χ2v) is 8.72. The van der Waals surface area contributed by atoms with Crippen LogP contribution in [0.1, 0.15) is 42.9 Å². The van der Waals surface area contributed by atoms with Crippen molar-refractivity contribution < 1.29 is 10.0 Å². The van der Waals surface area contributed by atoms with Crippen LogP contribution in [-0.2, 0) is 4.84 Å². The summed E-state index contributed by atoms with van der Waals surface area (Å²) < 4.78 is 0. The normalized spacial score (nSPS) is 18.5. The average molecular weight is 465 g/mol. The highest BCUT2D eigenvalue weighted by atomic mass is 35.5. The fourth-order valence-electron chi connectivity index (χ4n) is 4.52. The first-order valence-electron chi connectivity index (χ1n) is 11.0. The first-order valence-corrected chi connectivity index (χ1v) is 11.4. The zero-order valence-electron chi connectivity index (χ0n) is 18.2. The molecule has 0 saturated heterocycles. The molecule has 1 aliphatic rings. The van der Waals surface area contributed by atoms with E-state index in [0.29, 0.717) is 16.7 Å². The summed E-state index contributed by atoms with van der Waals surface area (Å²) in [5.74, 6) is 2.26. The lowest BCUT2D eigenvalue weighted by Gasteiger charge is -2.28. The van der Waals surface area contributed by atoms with Crippen LogP contribution in [0.4, 0.5) is 11.6 Å². The molecule has 0 atom stereocenters. The number of anilines is 2. The number of hydrogen-bond acceptors (Lipinski definition) is 7. The van der Waals surface area contributed by atoms with E-state index in [-0.39, 0.29) is 12.0 Å². The highest BCUT2D eigenvalue weighted by Crippen LogP contribution is 2.38. The molecule has 4 N–H and O–H groups in total. The Bertz CT molecular complexity index is 1270. The Morgan fingerprint density at radius 1 is 1.00 bits per heavy atom. The van der Waals surface area contributed by atoms with Gasteiger partial charge in [-0.05, 0) is 56.9 Å². The van der Waals surface area contributed by atoms with E-state index in [1.54, 1.807) is 0 Å². The van der Waals surface area contributed by atoms with Crippen LogP contribution in [0, 0.1) is 6.92 Å². The third-order valence-electron chi connectivity index (χ3n) is 6.29. The summed E-state index contributed by atoms with van der Waals surface area (Å²) in [6.07, 6.45) is 3.45. The highest BCUT2D eigenvalue weighted by molar-refractivity contribution is 6.33. The Hall–Kier alpha value is -3.04. The standard InChI is InChI=1S/C24H25ClN6O2/c1-14-21(15-10-12-16(13-11-15)33-31-32)26-23(17-6-2-4-8-19(17)25)27-22(14)28-24-18-7-3-5-9-20(18)29-30-24/h2-9,15-16,31-32H,10-13H2,1H3,(H2,26,27,28,29,30). The largest absolute Gasteiger partial charge is 0.323 e. The van der Waals surface area contributed by atoms with Gasteiger partial charge in [-0.3, -0.25) is 15.1 Å². The van der Waals surface area contributed by atoms with Crippen molar-refractivity contribution in [3.63, 3.8) is 0 Å². The van der Waals surface area contributed by atoms with E-state index in [9.17, 15) is 0 Å². The number of benzene rings is 2. The van der Waals surface area contributed by atoms with Crippen LogP contribution in [-0.4, -0.2) is 31.5 Å². The lowest BCUT2D eigenvalue weighted by atomic mass is 9.83. The van der Waals surface area contributed by atoms with Gasteiger partial charge in [0.1, 0.15) is 5.82 Å². The molecule has 8 nitrogen and oxygen atoms in total. The molecule has 5 rings (SSSR count). The quantitative estimate of drug-likeness (QED) is 0.272. The van der Waals surface area contributed by atoms with Crippen LogP contribution in [0.15, 0.2) is 48.5 Å². The van der Waals surface area contributed by atoms with Crippen molar-refractivity contribution in [2.75, 3.05) is 5.32 Å². The van der Waals surface area contributed by atoms with E-state index >= 15 is 0 Å². The monoisotopic (exact) mass is 464 g/mol. The molecule has 2 aromatic carbocycles. The van der Waals surface area contributed by atoms with Gasteiger partial charge in [0, 0.05) is 22.4 Å². The van der Waals surface area contributed by atoms with Gasteiger partial charge in [0.15, 0.2) is 11.6 Å². The summed E-state index contributed by atoms with van der Waals surface area (Å²) in [7, 11) is 0. The fraction of sp³-hybridized carbons (Fsp3) is 0.292. The Kier molecular flexibility index (Phi) is 6.24. The van der Waals surface area contributed by atoms with Crippen molar-refractivity contribution in [1.82, 2.24) is 25.8 Å². The average Bonchev–Trinajstić information content (AvgIpc) is 3.24. The predicted molar refractivity (Wildman–Crippen MR) is 128 cm³/mol. The number of fused-ring (bicyclic) bond motifs is 1. The zero-order valence-corrected chi connectivity index (χ0v) is 18.9. The van der Waals surface area contributed by atoms with E-state index < -0.39 is 0 Å². The van der Waals surface area contributed by atoms with Crippen LogP contribution in [0.2, 0.25) is 5.02 Å². The molecule has 0 aliphatic heterocycles. The second kappa shape index (κ2) is 9.44. The summed E-state index contributed by atoms with van der Waals surface area (Å²) in [5.41, 5.74) is 5.56. The molecule has 0 bridgehead atoms. The molecule has 0 spiro atoms. The molecular formula is C24H25ClN6O2. The molecule has 1 aliphatic carbocycles. The summed E-state index contributed by atoms with van der Waals surface area (Å²) in [4.78, 5) is 15.0. The fourth-order valence-corrected chi connectivity index (χ4v) is 4.74. The molecule has 0 amide bonds. The minimum Gasteiger partial charge on any atom is -0.323 e. The van der Waals surface area contributed by atoms with Crippen molar-refractivity contribution in [2.45, 2.75) is 44.6 Å². The molecular weight excluding hydrogens is 440 g/mol. The van der Waals surface area contributed by atoms with Crippen molar-refractivity contribution in [3.8, 4) is 11.4 Å². The maximum Gasteiger partial charge on any atom is 0.163 e. The number of hydrogen-bond donors (Lipinski definition) is 4. The number of nitrogens with zero attached hydrogens (tertiary/aromatic N) is 3. The van der Waals surface area contributed by atoms with Gasteiger partial charge in [-0.2, -0.15) is 5.10 Å². The Balaban J connectivity index is 1.55. The summed E-state index contributed by atoms with van der Waals surface area (Å²) >= 11 is 6.50. The predicted octanol–water partition coefficient (Wildman–Crippen LogP) is 5.66. The van der Waals surface area contributed by atoms with Gasteiger partial charge in [-0.1, -0.05) is 41.5 Å². The van der Waals surface area contributed by atoms with Gasteiger partial charge in [-0.15, -0.1) is 0 Å². The second-order valence-electron chi connectivity index (χ2n) is 8.31. The van der Waals surface area contributed by atoms with Gasteiger partial charge in [0.2, 0.25) is 0 Å². The molecule has 1 saturated carbocycles. The van der Waals surface area contributed by atoms with E-state index in [4.69, 9.17) is 31.6 Å². The van der Waals surface area contributed by atoms with Crippen molar-refractivity contribution >= 4 is 34.1 Å². The van der Waals surface area contributed by atoms with Crippen LogP contribution in [0.5, 0.6) is 0 Å². The highest BCUT2D eigenvalue weighted by Gasteiger charge is 2.27. The first kappa shape index (κ1) is 21.8. The SMILES string of the molecule is Cc1c(Nc2n[nH]c3ccccc23)nc(-c2ccccc2Cl)nc1C1CCC(ONO)CC1. The van der Waals surface area contributed by atoms with Crippen molar-refractivity contribution in [1.29, 1.82) is 0 Å². The number of aromatic amines is 1. The molecule has 33 heavy (non-hydrogen) atoms. The number of H-pyrrole nitrogens is 1. The van der Waals surface area contributed by atoms with E-state index in [2.05, 4.69) is 15.5 Å². The molecule has 1 fully saturated rings. The number of nitrogens with one attached hydrogen (secondary N) is 3. The lowest BCUT2D eigenvalue weighted by Crippen LogP contribution is -2.26. The zero-order chi connectivity index (χ0) is 22.8. The topological polar surface area (TPSA) is 108 Å². The van der Waals surface area contributed by atoms with Gasteiger partial charge >= 0.3 is 0 Å². The van der Waals surface area contributed by atoms with Gasteiger partial charge in [0.05, 0.1) is 22.3 Å². The Labute approximate surface area is 196 Å². The van der Waals surface area contributed by atoms with E-state index in [0.717, 1.165) is 59.2 Å². The summed E-state index contributed by atoms with van der Waals surface area (Å²) in [6, 6.07) is 15.6. The summed E-state index contributed by atoms with van der Waals surface area (Å²) in [5, 5.41) is 21.4.